The third kappa shape index (κ3) is 4.62. The Kier molecular flexibility index (Phi) is 5.58. The number of hydrogen-bond donors (Lipinski definition) is 2. The summed E-state index contributed by atoms with van der Waals surface area (Å²) in [5, 5.41) is 10.6. The van der Waals surface area contributed by atoms with Crippen molar-refractivity contribution >= 4 is 5.96 Å². The molecule has 118 valence electrons. The van der Waals surface area contributed by atoms with Crippen molar-refractivity contribution in [2.75, 3.05) is 7.05 Å². The summed E-state index contributed by atoms with van der Waals surface area (Å²) in [4.78, 5) is 4.21. The number of nitrogens with one attached hydrogen (secondary N) is 2. The van der Waals surface area contributed by atoms with Crippen LogP contribution < -0.4 is 10.6 Å². The smallest absolute Gasteiger partial charge is 0.191 e. The number of aliphatic imine (C=N–C) groups is 1. The molecule has 2 rings (SSSR count). The lowest BCUT2D eigenvalue weighted by molar-refractivity contribution is 0.372. The van der Waals surface area contributed by atoms with Crippen molar-refractivity contribution in [3.05, 3.63) is 52.9 Å². The van der Waals surface area contributed by atoms with Gasteiger partial charge in [0.05, 0.1) is 12.2 Å². The first-order valence-electron chi connectivity index (χ1n) is 7.54. The molecule has 0 unspecified atom stereocenters. The molecule has 0 bridgehead atoms. The number of guanidine groups is 1. The van der Waals surface area contributed by atoms with E-state index >= 15 is 0 Å². The summed E-state index contributed by atoms with van der Waals surface area (Å²) in [7, 11) is 1.76. The predicted molar refractivity (Wildman–Crippen MR) is 88.8 cm³/mol. The van der Waals surface area contributed by atoms with E-state index in [1.54, 1.807) is 7.05 Å². The molecule has 0 aliphatic heterocycles. The molecule has 1 aromatic heterocycles. The molecule has 0 aliphatic carbocycles. The standard InChI is InChI=1S/C17H24N4O/c1-12(2)16-9-15(22-21-16)11-20-17(18-4)19-10-14-7-5-6-13(3)8-14/h5-9,12H,10-11H2,1-4H3,(H2,18,19,20). The molecule has 0 spiro atoms. The Morgan fingerprint density at radius 3 is 2.64 bits per heavy atom. The fourth-order valence-corrected chi connectivity index (χ4v) is 2.08. The lowest BCUT2D eigenvalue weighted by atomic mass is 10.1. The maximum atomic E-state index is 5.30. The van der Waals surface area contributed by atoms with Crippen LogP contribution in [-0.2, 0) is 13.1 Å². The zero-order chi connectivity index (χ0) is 15.9. The summed E-state index contributed by atoms with van der Waals surface area (Å²) in [6, 6.07) is 10.4. The average molecular weight is 300 g/mol. The molecule has 5 nitrogen and oxygen atoms in total. The summed E-state index contributed by atoms with van der Waals surface area (Å²) in [6.45, 7) is 7.57. The van der Waals surface area contributed by atoms with Crippen LogP contribution in [0.15, 0.2) is 39.8 Å². The van der Waals surface area contributed by atoms with E-state index in [1.165, 1.54) is 11.1 Å². The van der Waals surface area contributed by atoms with Crippen molar-refractivity contribution in [2.45, 2.75) is 39.8 Å². The molecule has 2 aromatic rings. The molecule has 1 aromatic carbocycles. The van der Waals surface area contributed by atoms with E-state index in [0.29, 0.717) is 12.5 Å². The van der Waals surface area contributed by atoms with Crippen LogP contribution in [0, 0.1) is 6.92 Å². The minimum Gasteiger partial charge on any atom is -0.359 e. The lowest BCUT2D eigenvalue weighted by Crippen LogP contribution is -2.36. The summed E-state index contributed by atoms with van der Waals surface area (Å²) < 4.78 is 5.30. The molecule has 0 amide bonds. The molecular weight excluding hydrogens is 276 g/mol. The van der Waals surface area contributed by atoms with Crippen LogP contribution in [0.3, 0.4) is 0 Å². The molecule has 0 radical (unpaired) electrons. The Hall–Kier alpha value is -2.30. The summed E-state index contributed by atoms with van der Waals surface area (Å²) in [5.74, 6) is 1.92. The van der Waals surface area contributed by atoms with Gasteiger partial charge in [0.1, 0.15) is 0 Å². The maximum Gasteiger partial charge on any atom is 0.191 e. The second kappa shape index (κ2) is 7.64. The molecule has 0 aliphatic rings. The number of aromatic nitrogens is 1. The van der Waals surface area contributed by atoms with E-state index in [-0.39, 0.29) is 0 Å². The van der Waals surface area contributed by atoms with Gasteiger partial charge in [0.25, 0.3) is 0 Å². The molecule has 1 heterocycles. The number of hydrogen-bond acceptors (Lipinski definition) is 3. The highest BCUT2D eigenvalue weighted by Gasteiger charge is 2.08. The van der Waals surface area contributed by atoms with Crippen molar-refractivity contribution < 1.29 is 4.52 Å². The van der Waals surface area contributed by atoms with Crippen molar-refractivity contribution in [1.82, 2.24) is 15.8 Å². The van der Waals surface area contributed by atoms with E-state index in [9.17, 15) is 0 Å². The van der Waals surface area contributed by atoms with Crippen LogP contribution in [-0.4, -0.2) is 18.2 Å². The molecule has 0 saturated carbocycles. The second-order valence-electron chi connectivity index (χ2n) is 5.64. The van der Waals surface area contributed by atoms with Gasteiger partial charge in [0, 0.05) is 19.7 Å². The van der Waals surface area contributed by atoms with Gasteiger partial charge in [-0.05, 0) is 18.4 Å². The van der Waals surface area contributed by atoms with Crippen LogP contribution in [0.2, 0.25) is 0 Å². The number of aryl methyl sites for hydroxylation is 1. The summed E-state index contributed by atoms with van der Waals surface area (Å²) >= 11 is 0. The molecule has 0 saturated heterocycles. The molecular formula is C17H24N4O. The van der Waals surface area contributed by atoms with Gasteiger partial charge in [-0.3, -0.25) is 4.99 Å². The van der Waals surface area contributed by atoms with Crippen LogP contribution in [0.1, 0.15) is 42.3 Å². The Bertz CT molecular complexity index is 631. The number of rotatable bonds is 5. The minimum atomic E-state index is 0.372. The van der Waals surface area contributed by atoms with E-state index < -0.39 is 0 Å². The topological polar surface area (TPSA) is 62.5 Å². The maximum absolute atomic E-state index is 5.30. The van der Waals surface area contributed by atoms with E-state index in [4.69, 9.17) is 4.52 Å². The van der Waals surface area contributed by atoms with Gasteiger partial charge < -0.3 is 15.2 Å². The van der Waals surface area contributed by atoms with Crippen molar-refractivity contribution in [3.63, 3.8) is 0 Å². The monoisotopic (exact) mass is 300 g/mol. The van der Waals surface area contributed by atoms with Gasteiger partial charge in [-0.2, -0.15) is 0 Å². The quantitative estimate of drug-likeness (QED) is 0.658. The van der Waals surface area contributed by atoms with Crippen LogP contribution in [0.4, 0.5) is 0 Å². The van der Waals surface area contributed by atoms with Crippen LogP contribution in [0.25, 0.3) is 0 Å². The van der Waals surface area contributed by atoms with Gasteiger partial charge in [-0.15, -0.1) is 0 Å². The summed E-state index contributed by atoms with van der Waals surface area (Å²) in [6.07, 6.45) is 0. The average Bonchev–Trinajstić information content (AvgIpc) is 2.97. The van der Waals surface area contributed by atoms with Crippen molar-refractivity contribution in [2.24, 2.45) is 4.99 Å². The fourth-order valence-electron chi connectivity index (χ4n) is 2.08. The van der Waals surface area contributed by atoms with Gasteiger partial charge in [-0.1, -0.05) is 48.8 Å². The highest BCUT2D eigenvalue weighted by molar-refractivity contribution is 5.79. The Labute approximate surface area is 131 Å². The molecule has 0 fully saturated rings. The normalized spacial score (nSPS) is 11.8. The van der Waals surface area contributed by atoms with Gasteiger partial charge in [0.15, 0.2) is 11.7 Å². The SMILES string of the molecule is CN=C(NCc1cccc(C)c1)NCc1cc(C(C)C)no1. The van der Waals surface area contributed by atoms with E-state index in [1.807, 2.05) is 6.07 Å². The molecule has 0 atom stereocenters. The first kappa shape index (κ1) is 16.1. The van der Waals surface area contributed by atoms with E-state index in [2.05, 4.69) is 65.8 Å². The first-order valence-corrected chi connectivity index (χ1v) is 7.54. The number of nitrogens with zero attached hydrogens (tertiary/aromatic N) is 2. The molecule has 22 heavy (non-hydrogen) atoms. The number of benzene rings is 1. The minimum absolute atomic E-state index is 0.372. The fraction of sp³-hybridized carbons (Fsp3) is 0.412. The second-order valence-corrected chi connectivity index (χ2v) is 5.64. The largest absolute Gasteiger partial charge is 0.359 e. The Morgan fingerprint density at radius 2 is 2.00 bits per heavy atom. The Morgan fingerprint density at radius 1 is 1.23 bits per heavy atom. The van der Waals surface area contributed by atoms with Gasteiger partial charge >= 0.3 is 0 Å². The zero-order valence-electron chi connectivity index (χ0n) is 13.7. The van der Waals surface area contributed by atoms with E-state index in [0.717, 1.165) is 24.0 Å². The summed E-state index contributed by atoms with van der Waals surface area (Å²) in [5.41, 5.74) is 3.45. The third-order valence-electron chi connectivity index (χ3n) is 3.36. The zero-order valence-corrected chi connectivity index (χ0v) is 13.7. The van der Waals surface area contributed by atoms with Gasteiger partial charge in [-0.25, -0.2) is 0 Å². The highest BCUT2D eigenvalue weighted by Crippen LogP contribution is 2.13. The third-order valence-corrected chi connectivity index (χ3v) is 3.36. The highest BCUT2D eigenvalue weighted by atomic mass is 16.5. The van der Waals surface area contributed by atoms with Crippen LogP contribution in [0.5, 0.6) is 0 Å². The van der Waals surface area contributed by atoms with Crippen LogP contribution >= 0.6 is 0 Å². The Balaban J connectivity index is 1.84. The van der Waals surface area contributed by atoms with Gasteiger partial charge in [0.2, 0.25) is 0 Å². The van der Waals surface area contributed by atoms with Crippen molar-refractivity contribution in [3.8, 4) is 0 Å². The first-order chi connectivity index (χ1) is 10.6. The van der Waals surface area contributed by atoms with Crippen molar-refractivity contribution in [1.29, 1.82) is 0 Å². The predicted octanol–water partition coefficient (Wildman–Crippen LogP) is 2.97. The lowest BCUT2D eigenvalue weighted by Gasteiger charge is -2.11. The molecule has 2 N–H and O–H groups in total. The molecule has 5 heteroatoms.